The van der Waals surface area contributed by atoms with Gasteiger partial charge in [-0.05, 0) is 61.4 Å². The lowest BCUT2D eigenvalue weighted by Crippen LogP contribution is -2.41. The number of hydrogen-bond acceptors (Lipinski definition) is 4. The molecule has 1 N–H and O–H groups in total. The highest BCUT2D eigenvalue weighted by Crippen LogP contribution is 2.24. The van der Waals surface area contributed by atoms with Gasteiger partial charge in [0.15, 0.2) is 0 Å². The molecule has 0 aromatic heterocycles. The van der Waals surface area contributed by atoms with Crippen molar-refractivity contribution in [2.24, 2.45) is 0 Å². The lowest BCUT2D eigenvalue weighted by molar-refractivity contribution is -0.119. The van der Waals surface area contributed by atoms with Crippen LogP contribution in [0.2, 0.25) is 0 Å². The fraction of sp³-hybridized carbons (Fsp3) is 0.269. The maximum Gasteiger partial charge on any atom is 0.264 e. The minimum Gasteiger partial charge on any atom is -0.354 e. The van der Waals surface area contributed by atoms with E-state index >= 15 is 0 Å². The summed E-state index contributed by atoms with van der Waals surface area (Å²) in [6, 6.07) is 23.8. The van der Waals surface area contributed by atoms with E-state index in [-0.39, 0.29) is 17.3 Å². The highest BCUT2D eigenvalue weighted by molar-refractivity contribution is 7.98. The summed E-state index contributed by atoms with van der Waals surface area (Å²) in [5.74, 6) is 1.53. The molecule has 0 aliphatic rings. The van der Waals surface area contributed by atoms with E-state index in [1.54, 1.807) is 48.5 Å². The Hall–Kier alpha value is -2.77. The Morgan fingerprint density at radius 1 is 0.909 bits per heavy atom. The van der Waals surface area contributed by atoms with Crippen LogP contribution < -0.4 is 9.62 Å². The number of nitrogens with zero attached hydrogens (tertiary/aromatic N) is 1. The maximum absolute atomic E-state index is 13.3. The summed E-state index contributed by atoms with van der Waals surface area (Å²) in [7, 11) is -3.87. The van der Waals surface area contributed by atoms with Gasteiger partial charge in [-0.3, -0.25) is 9.10 Å². The van der Waals surface area contributed by atoms with Gasteiger partial charge < -0.3 is 5.32 Å². The number of carbonyl (C=O) groups excluding carboxylic acids is 1. The molecule has 0 spiro atoms. The Balaban J connectivity index is 1.56. The molecule has 7 heteroatoms. The van der Waals surface area contributed by atoms with Gasteiger partial charge in [-0.15, -0.1) is 0 Å². The van der Waals surface area contributed by atoms with Crippen LogP contribution in [0.25, 0.3) is 0 Å². The number of sulfonamides is 1. The summed E-state index contributed by atoms with van der Waals surface area (Å²) in [5.41, 5.74) is 3.95. The van der Waals surface area contributed by atoms with Crippen molar-refractivity contribution < 1.29 is 13.2 Å². The van der Waals surface area contributed by atoms with Gasteiger partial charge in [0.05, 0.1) is 10.6 Å². The molecule has 0 saturated heterocycles. The monoisotopic (exact) mass is 482 g/mol. The molecule has 0 fully saturated rings. The summed E-state index contributed by atoms with van der Waals surface area (Å²) in [5, 5.41) is 2.87. The molecule has 33 heavy (non-hydrogen) atoms. The van der Waals surface area contributed by atoms with E-state index < -0.39 is 10.0 Å². The smallest absolute Gasteiger partial charge is 0.264 e. The maximum atomic E-state index is 13.3. The van der Waals surface area contributed by atoms with Gasteiger partial charge in [0.2, 0.25) is 5.91 Å². The number of hydrogen-bond donors (Lipinski definition) is 1. The second-order valence-electron chi connectivity index (χ2n) is 7.91. The zero-order valence-electron chi connectivity index (χ0n) is 19.0. The van der Waals surface area contributed by atoms with Crippen molar-refractivity contribution in [3.8, 4) is 0 Å². The number of anilines is 1. The van der Waals surface area contributed by atoms with Crippen LogP contribution in [0.15, 0.2) is 83.8 Å². The van der Waals surface area contributed by atoms with Crippen molar-refractivity contribution in [2.75, 3.05) is 23.1 Å². The summed E-state index contributed by atoms with van der Waals surface area (Å²) in [6.07, 6.45) is 0.818. The second kappa shape index (κ2) is 11.9. The van der Waals surface area contributed by atoms with Gasteiger partial charge in [-0.2, -0.15) is 11.8 Å². The lowest BCUT2D eigenvalue weighted by Gasteiger charge is -2.24. The van der Waals surface area contributed by atoms with Crippen LogP contribution in [-0.2, 0) is 20.6 Å². The first-order valence-electron chi connectivity index (χ1n) is 10.9. The molecule has 0 heterocycles. The number of amides is 1. The standard InChI is InChI=1S/C26H30N2O3S2/c1-21-9-6-11-23(17-21)20-32-16-8-15-27-26(29)19-28(24-12-7-10-22(2)18-24)33(30,31)25-13-4-3-5-14-25/h3-7,9-14,17-18H,8,15-16,19-20H2,1-2H3,(H,27,29). The van der Waals surface area contributed by atoms with E-state index in [1.165, 1.54) is 15.4 Å². The molecule has 3 aromatic carbocycles. The normalized spacial score (nSPS) is 11.2. The van der Waals surface area contributed by atoms with Crippen LogP contribution in [0.1, 0.15) is 23.1 Å². The third-order valence-electron chi connectivity index (χ3n) is 5.05. The molecule has 174 valence electrons. The molecule has 0 aliphatic carbocycles. The first kappa shape index (κ1) is 24.9. The summed E-state index contributed by atoms with van der Waals surface area (Å²) >= 11 is 1.82. The third-order valence-corrected chi connectivity index (χ3v) is 7.95. The molecule has 0 atom stereocenters. The van der Waals surface area contributed by atoms with Gasteiger partial charge in [0, 0.05) is 12.3 Å². The number of benzene rings is 3. The average Bonchev–Trinajstić information content (AvgIpc) is 2.80. The molecule has 3 aromatic rings. The SMILES string of the molecule is Cc1cccc(CSCCCNC(=O)CN(c2cccc(C)c2)S(=O)(=O)c2ccccc2)c1. The molecule has 3 rings (SSSR count). The summed E-state index contributed by atoms with van der Waals surface area (Å²) in [4.78, 5) is 12.8. The van der Waals surface area contributed by atoms with Gasteiger partial charge in [-0.1, -0.05) is 60.2 Å². The van der Waals surface area contributed by atoms with Gasteiger partial charge in [0.1, 0.15) is 6.54 Å². The highest BCUT2D eigenvalue weighted by Gasteiger charge is 2.27. The fourth-order valence-corrected chi connectivity index (χ4v) is 5.74. The van der Waals surface area contributed by atoms with E-state index in [0.717, 1.165) is 23.5 Å². The van der Waals surface area contributed by atoms with Crippen LogP contribution in [0.4, 0.5) is 5.69 Å². The van der Waals surface area contributed by atoms with Crippen molar-refractivity contribution in [3.05, 3.63) is 95.6 Å². The van der Waals surface area contributed by atoms with Crippen LogP contribution in [0, 0.1) is 13.8 Å². The van der Waals surface area contributed by atoms with Crippen LogP contribution >= 0.6 is 11.8 Å². The quantitative estimate of drug-likeness (QED) is 0.393. The van der Waals surface area contributed by atoms with Crippen molar-refractivity contribution in [1.82, 2.24) is 5.32 Å². The third kappa shape index (κ3) is 7.37. The van der Waals surface area contributed by atoms with E-state index in [4.69, 9.17) is 0 Å². The van der Waals surface area contributed by atoms with Gasteiger partial charge >= 0.3 is 0 Å². The number of nitrogens with one attached hydrogen (secondary N) is 1. The lowest BCUT2D eigenvalue weighted by atomic mass is 10.2. The number of carbonyl (C=O) groups is 1. The predicted molar refractivity (Wildman–Crippen MR) is 137 cm³/mol. The number of aryl methyl sites for hydroxylation is 2. The minimum absolute atomic E-state index is 0.159. The predicted octanol–water partition coefficient (Wildman–Crippen LogP) is 4.94. The van der Waals surface area contributed by atoms with Crippen LogP contribution in [0.3, 0.4) is 0 Å². The Bertz CT molecular complexity index is 1160. The molecular formula is C26H30N2O3S2. The van der Waals surface area contributed by atoms with Crippen molar-refractivity contribution in [2.45, 2.75) is 30.9 Å². The van der Waals surface area contributed by atoms with Crippen molar-refractivity contribution >= 4 is 33.4 Å². The van der Waals surface area contributed by atoms with Gasteiger partial charge in [-0.25, -0.2) is 8.42 Å². The Morgan fingerprint density at radius 3 is 2.30 bits per heavy atom. The zero-order valence-corrected chi connectivity index (χ0v) is 20.7. The van der Waals surface area contributed by atoms with E-state index in [0.29, 0.717) is 12.2 Å². The second-order valence-corrected chi connectivity index (χ2v) is 10.9. The Labute approximate surface area is 201 Å². The fourth-order valence-electron chi connectivity index (χ4n) is 3.40. The van der Waals surface area contributed by atoms with E-state index in [2.05, 4.69) is 36.5 Å². The van der Waals surface area contributed by atoms with Crippen molar-refractivity contribution in [3.63, 3.8) is 0 Å². The Kier molecular flexibility index (Phi) is 8.97. The van der Waals surface area contributed by atoms with Crippen LogP contribution in [-0.4, -0.2) is 33.2 Å². The summed E-state index contributed by atoms with van der Waals surface area (Å²) < 4.78 is 27.8. The zero-order chi connectivity index (χ0) is 23.7. The highest BCUT2D eigenvalue weighted by atomic mass is 32.2. The van der Waals surface area contributed by atoms with Gasteiger partial charge in [0.25, 0.3) is 10.0 Å². The molecule has 0 unspecified atom stereocenters. The number of rotatable bonds is 11. The Morgan fingerprint density at radius 2 is 1.61 bits per heavy atom. The summed E-state index contributed by atoms with van der Waals surface area (Å²) in [6.45, 7) is 4.22. The molecular weight excluding hydrogens is 452 g/mol. The first-order valence-corrected chi connectivity index (χ1v) is 13.5. The molecule has 0 bridgehead atoms. The topological polar surface area (TPSA) is 66.5 Å². The molecule has 0 aliphatic heterocycles. The largest absolute Gasteiger partial charge is 0.354 e. The average molecular weight is 483 g/mol. The molecule has 0 saturated carbocycles. The van der Waals surface area contributed by atoms with E-state index in [1.807, 2.05) is 24.8 Å². The van der Waals surface area contributed by atoms with Crippen LogP contribution in [0.5, 0.6) is 0 Å². The molecule has 5 nitrogen and oxygen atoms in total. The van der Waals surface area contributed by atoms with Crippen molar-refractivity contribution in [1.29, 1.82) is 0 Å². The van der Waals surface area contributed by atoms with E-state index in [9.17, 15) is 13.2 Å². The molecule has 1 amide bonds. The first-order chi connectivity index (χ1) is 15.9. The number of thioether (sulfide) groups is 1. The minimum atomic E-state index is -3.87. The molecule has 0 radical (unpaired) electrons.